The molecule has 1 atom stereocenters. The normalized spacial score (nSPS) is 12.9. The van der Waals surface area contributed by atoms with Gasteiger partial charge >= 0.3 is 6.09 Å². The standard InChI is InChI=1S/C15H25N3O2/c1-11(2)12(18-14(19)20-15(3,4)5)10-17-13-8-6-7-9-16-13/h6-9,11-12H,10H2,1-5H3,(H,16,17)(H,18,19). The number of ether oxygens (including phenoxy) is 1. The molecule has 0 fully saturated rings. The van der Waals surface area contributed by atoms with E-state index < -0.39 is 5.60 Å². The average molecular weight is 279 g/mol. The van der Waals surface area contributed by atoms with E-state index in [4.69, 9.17) is 4.74 Å². The molecule has 20 heavy (non-hydrogen) atoms. The van der Waals surface area contributed by atoms with Crippen molar-refractivity contribution in [2.24, 2.45) is 5.92 Å². The van der Waals surface area contributed by atoms with E-state index >= 15 is 0 Å². The molecule has 2 N–H and O–H groups in total. The molecule has 0 saturated carbocycles. The molecule has 1 amide bonds. The van der Waals surface area contributed by atoms with Crippen molar-refractivity contribution in [2.75, 3.05) is 11.9 Å². The molecular formula is C15H25N3O2. The molecule has 0 radical (unpaired) electrons. The number of carbonyl (C=O) groups excluding carboxylic acids is 1. The lowest BCUT2D eigenvalue weighted by molar-refractivity contribution is 0.0494. The predicted molar refractivity (Wildman–Crippen MR) is 80.7 cm³/mol. The third-order valence-corrected chi connectivity index (χ3v) is 2.67. The van der Waals surface area contributed by atoms with Crippen LogP contribution in [0.15, 0.2) is 24.4 Å². The maximum Gasteiger partial charge on any atom is 0.407 e. The number of alkyl carbamates (subject to hydrolysis) is 1. The first kappa shape index (κ1) is 16.3. The average Bonchev–Trinajstić information content (AvgIpc) is 2.33. The number of hydrogen-bond acceptors (Lipinski definition) is 4. The van der Waals surface area contributed by atoms with Crippen LogP contribution in [0.4, 0.5) is 10.6 Å². The number of rotatable bonds is 5. The van der Waals surface area contributed by atoms with Gasteiger partial charge in [0.15, 0.2) is 0 Å². The molecule has 5 heteroatoms. The summed E-state index contributed by atoms with van der Waals surface area (Å²) in [4.78, 5) is 16.0. The number of hydrogen-bond donors (Lipinski definition) is 2. The summed E-state index contributed by atoms with van der Waals surface area (Å²) in [6.45, 7) is 10.3. The number of nitrogens with one attached hydrogen (secondary N) is 2. The monoisotopic (exact) mass is 279 g/mol. The van der Waals surface area contributed by atoms with Gasteiger partial charge in [0, 0.05) is 12.7 Å². The van der Waals surface area contributed by atoms with Gasteiger partial charge in [0.2, 0.25) is 0 Å². The first-order valence-electron chi connectivity index (χ1n) is 6.92. The Kier molecular flexibility index (Phi) is 5.80. The van der Waals surface area contributed by atoms with E-state index in [2.05, 4.69) is 29.5 Å². The van der Waals surface area contributed by atoms with Gasteiger partial charge in [-0.2, -0.15) is 0 Å². The number of amides is 1. The Bertz CT molecular complexity index is 413. The lowest BCUT2D eigenvalue weighted by atomic mass is 10.0. The molecule has 0 aromatic carbocycles. The van der Waals surface area contributed by atoms with Crippen LogP contribution in [0.5, 0.6) is 0 Å². The van der Waals surface area contributed by atoms with Gasteiger partial charge in [0.05, 0.1) is 6.04 Å². The van der Waals surface area contributed by atoms with E-state index in [1.165, 1.54) is 0 Å². The minimum absolute atomic E-state index is 0.0214. The van der Waals surface area contributed by atoms with Gasteiger partial charge in [0.25, 0.3) is 0 Å². The van der Waals surface area contributed by atoms with E-state index in [9.17, 15) is 4.79 Å². The third kappa shape index (κ3) is 6.41. The lowest BCUT2D eigenvalue weighted by Gasteiger charge is -2.26. The van der Waals surface area contributed by atoms with Crippen LogP contribution in [0.1, 0.15) is 34.6 Å². The predicted octanol–water partition coefficient (Wildman–Crippen LogP) is 3.04. The highest BCUT2D eigenvalue weighted by Crippen LogP contribution is 2.09. The van der Waals surface area contributed by atoms with Crippen molar-refractivity contribution in [2.45, 2.75) is 46.3 Å². The fourth-order valence-corrected chi connectivity index (χ4v) is 1.59. The van der Waals surface area contributed by atoms with Crippen molar-refractivity contribution >= 4 is 11.9 Å². The Balaban J connectivity index is 2.51. The zero-order chi connectivity index (χ0) is 15.2. The molecular weight excluding hydrogens is 254 g/mol. The van der Waals surface area contributed by atoms with Crippen molar-refractivity contribution in [3.8, 4) is 0 Å². The molecule has 0 spiro atoms. The zero-order valence-electron chi connectivity index (χ0n) is 12.9. The first-order valence-corrected chi connectivity index (χ1v) is 6.92. The number of anilines is 1. The van der Waals surface area contributed by atoms with Crippen molar-refractivity contribution in [3.63, 3.8) is 0 Å². The molecule has 0 saturated heterocycles. The van der Waals surface area contributed by atoms with Gasteiger partial charge in [-0.25, -0.2) is 9.78 Å². The summed E-state index contributed by atoms with van der Waals surface area (Å²) in [5.74, 6) is 1.09. The number of pyridine rings is 1. The highest BCUT2D eigenvalue weighted by molar-refractivity contribution is 5.68. The van der Waals surface area contributed by atoms with Crippen LogP contribution in [0.2, 0.25) is 0 Å². The molecule has 112 valence electrons. The molecule has 1 aromatic heterocycles. The van der Waals surface area contributed by atoms with Crippen molar-refractivity contribution in [1.82, 2.24) is 10.3 Å². The second-order valence-electron chi connectivity index (χ2n) is 6.09. The summed E-state index contributed by atoms with van der Waals surface area (Å²) in [6.07, 6.45) is 1.34. The molecule has 1 rings (SSSR count). The molecule has 0 aliphatic carbocycles. The Morgan fingerprint density at radius 3 is 2.55 bits per heavy atom. The van der Waals surface area contributed by atoms with Gasteiger partial charge in [-0.15, -0.1) is 0 Å². The Hall–Kier alpha value is -1.78. The second kappa shape index (κ2) is 7.12. The van der Waals surface area contributed by atoms with E-state index in [1.807, 2.05) is 39.0 Å². The maximum absolute atomic E-state index is 11.8. The highest BCUT2D eigenvalue weighted by Gasteiger charge is 2.21. The van der Waals surface area contributed by atoms with Crippen LogP contribution in [0, 0.1) is 5.92 Å². The quantitative estimate of drug-likeness (QED) is 0.869. The molecule has 0 aliphatic heterocycles. The van der Waals surface area contributed by atoms with E-state index in [0.29, 0.717) is 12.5 Å². The van der Waals surface area contributed by atoms with E-state index in [0.717, 1.165) is 5.82 Å². The first-order chi connectivity index (χ1) is 9.28. The molecule has 1 unspecified atom stereocenters. The van der Waals surface area contributed by atoms with Crippen molar-refractivity contribution < 1.29 is 9.53 Å². The summed E-state index contributed by atoms with van der Waals surface area (Å²) >= 11 is 0. The number of aromatic nitrogens is 1. The van der Waals surface area contributed by atoms with Crippen LogP contribution in [-0.4, -0.2) is 29.3 Å². The molecule has 5 nitrogen and oxygen atoms in total. The summed E-state index contributed by atoms with van der Waals surface area (Å²) in [5.41, 5.74) is -0.486. The molecule has 1 aromatic rings. The van der Waals surface area contributed by atoms with Crippen LogP contribution >= 0.6 is 0 Å². The lowest BCUT2D eigenvalue weighted by Crippen LogP contribution is -2.45. The van der Waals surface area contributed by atoms with Gasteiger partial charge in [-0.1, -0.05) is 19.9 Å². The smallest absolute Gasteiger partial charge is 0.407 e. The summed E-state index contributed by atoms with van der Waals surface area (Å²) in [6, 6.07) is 5.66. The third-order valence-electron chi connectivity index (χ3n) is 2.67. The van der Waals surface area contributed by atoms with Gasteiger partial charge in [-0.3, -0.25) is 0 Å². The number of nitrogens with zero attached hydrogens (tertiary/aromatic N) is 1. The largest absolute Gasteiger partial charge is 0.444 e. The van der Waals surface area contributed by atoms with Crippen LogP contribution in [0.25, 0.3) is 0 Å². The van der Waals surface area contributed by atoms with E-state index in [-0.39, 0.29) is 12.1 Å². The fraction of sp³-hybridized carbons (Fsp3) is 0.600. The SMILES string of the molecule is CC(C)C(CNc1ccccn1)NC(=O)OC(C)(C)C. The van der Waals surface area contributed by atoms with Crippen molar-refractivity contribution in [3.05, 3.63) is 24.4 Å². The summed E-state index contributed by atoms with van der Waals surface area (Å²) < 4.78 is 5.28. The maximum atomic E-state index is 11.8. The Morgan fingerprint density at radius 1 is 1.35 bits per heavy atom. The fourth-order valence-electron chi connectivity index (χ4n) is 1.59. The van der Waals surface area contributed by atoms with Gasteiger partial charge < -0.3 is 15.4 Å². The van der Waals surface area contributed by atoms with Crippen LogP contribution in [0.3, 0.4) is 0 Å². The highest BCUT2D eigenvalue weighted by atomic mass is 16.6. The zero-order valence-corrected chi connectivity index (χ0v) is 12.9. The van der Waals surface area contributed by atoms with E-state index in [1.54, 1.807) is 6.20 Å². The van der Waals surface area contributed by atoms with Crippen molar-refractivity contribution in [1.29, 1.82) is 0 Å². The molecule has 1 heterocycles. The van der Waals surface area contributed by atoms with Gasteiger partial charge in [-0.05, 0) is 38.8 Å². The summed E-state index contributed by atoms with van der Waals surface area (Å²) in [5, 5.41) is 6.10. The molecule has 0 bridgehead atoms. The Morgan fingerprint density at radius 2 is 2.05 bits per heavy atom. The Labute approximate surface area is 121 Å². The minimum atomic E-state index is -0.486. The van der Waals surface area contributed by atoms with Gasteiger partial charge in [0.1, 0.15) is 11.4 Å². The number of carbonyl (C=O) groups is 1. The van der Waals surface area contributed by atoms with Crippen LogP contribution in [-0.2, 0) is 4.74 Å². The minimum Gasteiger partial charge on any atom is -0.444 e. The van der Waals surface area contributed by atoms with Crippen LogP contribution < -0.4 is 10.6 Å². The molecule has 0 aliphatic rings. The topological polar surface area (TPSA) is 63.2 Å². The summed E-state index contributed by atoms with van der Waals surface area (Å²) in [7, 11) is 0. The second-order valence-corrected chi connectivity index (χ2v) is 6.09.